The number of benzene rings is 2. The quantitative estimate of drug-likeness (QED) is 0.397. The van der Waals surface area contributed by atoms with E-state index < -0.39 is 0 Å². The molecular weight excluding hydrogens is 435 g/mol. The summed E-state index contributed by atoms with van der Waals surface area (Å²) >= 11 is 18.5. The number of pyridine rings is 1. The van der Waals surface area contributed by atoms with Gasteiger partial charge in [0.1, 0.15) is 23.1 Å². The molecule has 0 aliphatic rings. The molecular formula is C20H11Cl3N4O2. The lowest BCUT2D eigenvalue weighted by Gasteiger charge is -2.12. The van der Waals surface area contributed by atoms with Crippen molar-refractivity contribution < 1.29 is 9.47 Å². The smallest absolute Gasteiger partial charge is 0.181 e. The van der Waals surface area contributed by atoms with Gasteiger partial charge in [0.2, 0.25) is 0 Å². The van der Waals surface area contributed by atoms with E-state index >= 15 is 0 Å². The van der Waals surface area contributed by atoms with Gasteiger partial charge in [-0.15, -0.1) is 0 Å². The first kappa shape index (κ1) is 19.3. The summed E-state index contributed by atoms with van der Waals surface area (Å²) in [6.07, 6.45) is 1.67. The van der Waals surface area contributed by atoms with Crippen molar-refractivity contribution in [3.8, 4) is 23.3 Å². The number of H-pyrrole nitrogens is 1. The van der Waals surface area contributed by atoms with Crippen molar-refractivity contribution in [3.05, 3.63) is 75.0 Å². The fourth-order valence-corrected chi connectivity index (χ4v) is 3.25. The van der Waals surface area contributed by atoms with Crippen molar-refractivity contribution in [1.29, 1.82) is 5.26 Å². The molecule has 0 atom stereocenters. The number of hydrogen-bond donors (Lipinski definition) is 1. The normalized spacial score (nSPS) is 10.7. The van der Waals surface area contributed by atoms with E-state index in [9.17, 15) is 0 Å². The molecule has 0 saturated heterocycles. The molecule has 29 heavy (non-hydrogen) atoms. The lowest BCUT2D eigenvalue weighted by Crippen LogP contribution is -1.97. The van der Waals surface area contributed by atoms with Crippen LogP contribution in [0.15, 0.2) is 48.7 Å². The van der Waals surface area contributed by atoms with Crippen molar-refractivity contribution in [1.82, 2.24) is 15.2 Å². The SMILES string of the molecule is N#Cc1cc(Cl)cc(Oc2cc(OCc3[nH]nc4ncccc34)cc(Cl)c2Cl)c1. The van der Waals surface area contributed by atoms with E-state index in [-0.39, 0.29) is 22.4 Å². The predicted octanol–water partition coefficient (Wildman–Crippen LogP) is 6.16. The maximum atomic E-state index is 9.09. The van der Waals surface area contributed by atoms with E-state index in [0.717, 1.165) is 11.1 Å². The van der Waals surface area contributed by atoms with Crippen LogP contribution in [-0.2, 0) is 6.61 Å². The van der Waals surface area contributed by atoms with E-state index in [4.69, 9.17) is 49.5 Å². The van der Waals surface area contributed by atoms with Gasteiger partial charge in [-0.25, -0.2) is 4.98 Å². The van der Waals surface area contributed by atoms with Gasteiger partial charge in [0.25, 0.3) is 0 Å². The molecule has 144 valence electrons. The van der Waals surface area contributed by atoms with Crippen molar-refractivity contribution in [2.24, 2.45) is 0 Å². The number of hydrogen-bond acceptors (Lipinski definition) is 5. The minimum Gasteiger partial charge on any atom is -0.487 e. The summed E-state index contributed by atoms with van der Waals surface area (Å²) in [5.74, 6) is 1.08. The number of aromatic amines is 1. The maximum absolute atomic E-state index is 9.09. The lowest BCUT2D eigenvalue weighted by molar-refractivity contribution is 0.301. The monoisotopic (exact) mass is 444 g/mol. The van der Waals surface area contributed by atoms with Crippen LogP contribution < -0.4 is 9.47 Å². The van der Waals surface area contributed by atoms with Gasteiger partial charge in [0, 0.05) is 28.7 Å². The zero-order valence-corrected chi connectivity index (χ0v) is 16.9. The summed E-state index contributed by atoms with van der Waals surface area (Å²) in [5.41, 5.74) is 1.75. The molecule has 0 radical (unpaired) electrons. The second-order valence-corrected chi connectivity index (χ2v) is 7.19. The minimum absolute atomic E-state index is 0.216. The Morgan fingerprint density at radius 3 is 2.76 bits per heavy atom. The van der Waals surface area contributed by atoms with E-state index in [1.54, 1.807) is 30.5 Å². The number of halogens is 3. The fourth-order valence-electron chi connectivity index (χ4n) is 2.68. The third-order valence-electron chi connectivity index (χ3n) is 3.99. The highest BCUT2D eigenvalue weighted by atomic mass is 35.5. The second kappa shape index (κ2) is 8.18. The fraction of sp³-hybridized carbons (Fsp3) is 0.0500. The number of rotatable bonds is 5. The zero-order chi connectivity index (χ0) is 20.4. The van der Waals surface area contributed by atoms with Gasteiger partial charge in [-0.05, 0) is 30.3 Å². The number of ether oxygens (including phenoxy) is 2. The Bertz CT molecular complexity index is 1250. The first-order chi connectivity index (χ1) is 14.0. The van der Waals surface area contributed by atoms with E-state index in [1.165, 1.54) is 6.07 Å². The van der Waals surface area contributed by atoms with Crippen LogP contribution in [0.4, 0.5) is 0 Å². The number of nitriles is 1. The van der Waals surface area contributed by atoms with Crippen molar-refractivity contribution in [3.63, 3.8) is 0 Å². The van der Waals surface area contributed by atoms with E-state index in [0.29, 0.717) is 27.7 Å². The summed E-state index contributed by atoms with van der Waals surface area (Å²) in [6, 6.07) is 13.6. The molecule has 4 aromatic rings. The first-order valence-corrected chi connectivity index (χ1v) is 9.45. The molecule has 1 N–H and O–H groups in total. The highest BCUT2D eigenvalue weighted by molar-refractivity contribution is 6.43. The van der Waals surface area contributed by atoms with Gasteiger partial charge < -0.3 is 9.47 Å². The molecule has 0 bridgehead atoms. The van der Waals surface area contributed by atoms with Crippen molar-refractivity contribution >= 4 is 45.8 Å². The van der Waals surface area contributed by atoms with Crippen molar-refractivity contribution in [2.45, 2.75) is 6.61 Å². The standard InChI is InChI=1S/C20H11Cl3N4O2/c21-12-4-11(9-24)5-14(6-12)29-18-8-13(7-16(22)19(18)23)28-10-17-15-2-1-3-25-20(15)27-26-17/h1-8H,10H2,(H,25,26,27). The Hall–Kier alpha value is -2.98. The van der Waals surface area contributed by atoms with Crippen LogP contribution in [0.3, 0.4) is 0 Å². The van der Waals surface area contributed by atoms with Crippen molar-refractivity contribution in [2.75, 3.05) is 0 Å². The molecule has 0 aliphatic carbocycles. The first-order valence-electron chi connectivity index (χ1n) is 8.32. The Labute approximate surface area is 180 Å². The van der Waals surface area contributed by atoms with Gasteiger partial charge in [0.05, 0.1) is 22.3 Å². The highest BCUT2D eigenvalue weighted by Gasteiger charge is 2.13. The predicted molar refractivity (Wildman–Crippen MR) is 111 cm³/mol. The summed E-state index contributed by atoms with van der Waals surface area (Å²) < 4.78 is 11.6. The minimum atomic E-state index is 0.216. The Balaban J connectivity index is 1.59. The molecule has 0 amide bonds. The topological polar surface area (TPSA) is 83.8 Å². The molecule has 2 aromatic heterocycles. The van der Waals surface area contributed by atoms with Gasteiger partial charge in [-0.3, -0.25) is 5.10 Å². The molecule has 6 nitrogen and oxygen atoms in total. The van der Waals surface area contributed by atoms with Crippen LogP contribution in [0.1, 0.15) is 11.3 Å². The molecule has 9 heteroatoms. The molecule has 0 saturated carbocycles. The Morgan fingerprint density at radius 1 is 1.07 bits per heavy atom. The van der Waals surface area contributed by atoms with Gasteiger partial charge in [-0.2, -0.15) is 10.4 Å². The highest BCUT2D eigenvalue weighted by Crippen LogP contribution is 2.39. The molecule has 2 heterocycles. The Morgan fingerprint density at radius 2 is 1.93 bits per heavy atom. The maximum Gasteiger partial charge on any atom is 0.181 e. The average Bonchev–Trinajstić information content (AvgIpc) is 3.12. The average molecular weight is 446 g/mol. The lowest BCUT2D eigenvalue weighted by atomic mass is 10.2. The van der Waals surface area contributed by atoms with Crippen LogP contribution in [-0.4, -0.2) is 15.2 Å². The third-order valence-corrected chi connectivity index (χ3v) is 4.99. The molecule has 0 unspecified atom stereocenters. The van der Waals surface area contributed by atoms with Crippen LogP contribution in [0.5, 0.6) is 17.2 Å². The largest absolute Gasteiger partial charge is 0.487 e. The number of fused-ring (bicyclic) bond motifs is 1. The Kier molecular flexibility index (Phi) is 5.45. The van der Waals surface area contributed by atoms with E-state index in [1.807, 2.05) is 18.2 Å². The van der Waals surface area contributed by atoms with Gasteiger partial charge >= 0.3 is 0 Å². The summed E-state index contributed by atoms with van der Waals surface area (Å²) in [5, 5.41) is 17.8. The molecule has 0 aliphatic heterocycles. The van der Waals surface area contributed by atoms with Crippen LogP contribution in [0.2, 0.25) is 15.1 Å². The number of nitrogens with zero attached hydrogens (tertiary/aromatic N) is 3. The third kappa shape index (κ3) is 4.22. The van der Waals surface area contributed by atoms with Gasteiger partial charge in [-0.1, -0.05) is 34.8 Å². The molecule has 0 spiro atoms. The number of nitrogens with one attached hydrogen (secondary N) is 1. The number of aromatic nitrogens is 3. The second-order valence-electron chi connectivity index (χ2n) is 5.97. The van der Waals surface area contributed by atoms with Crippen LogP contribution in [0.25, 0.3) is 11.0 Å². The molecule has 0 fully saturated rings. The van der Waals surface area contributed by atoms with Crippen LogP contribution in [0, 0.1) is 11.3 Å². The summed E-state index contributed by atoms with van der Waals surface area (Å²) in [7, 11) is 0. The van der Waals surface area contributed by atoms with Gasteiger partial charge in [0.15, 0.2) is 11.4 Å². The van der Waals surface area contributed by atoms with E-state index in [2.05, 4.69) is 15.2 Å². The molecule has 4 rings (SSSR count). The zero-order valence-electron chi connectivity index (χ0n) is 14.6. The van der Waals surface area contributed by atoms with Crippen LogP contribution >= 0.6 is 34.8 Å². The summed E-state index contributed by atoms with van der Waals surface area (Å²) in [6.45, 7) is 0.218. The summed E-state index contributed by atoms with van der Waals surface area (Å²) in [4.78, 5) is 4.17. The molecule has 2 aromatic carbocycles.